The zero-order chi connectivity index (χ0) is 17.8. The topological polar surface area (TPSA) is 80.0 Å². The van der Waals surface area contributed by atoms with Gasteiger partial charge in [-0.05, 0) is 58.8 Å². The fourth-order valence-electron chi connectivity index (χ4n) is 2.24. The SMILES string of the molecule is CCCC(=O)NC(=S)Nc1ccc2oc(-c3cncc(Br)c3)nc2c1. The summed E-state index contributed by atoms with van der Waals surface area (Å²) in [4.78, 5) is 20.2. The molecule has 8 heteroatoms. The molecule has 0 unspecified atom stereocenters. The van der Waals surface area contributed by atoms with E-state index in [1.165, 1.54) is 0 Å². The summed E-state index contributed by atoms with van der Waals surface area (Å²) in [5.41, 5.74) is 2.84. The van der Waals surface area contributed by atoms with Crippen LogP contribution in [0.5, 0.6) is 0 Å². The molecule has 0 aliphatic carbocycles. The van der Waals surface area contributed by atoms with Gasteiger partial charge in [-0.1, -0.05) is 6.92 Å². The van der Waals surface area contributed by atoms with Crippen LogP contribution in [0, 0.1) is 0 Å². The molecule has 3 rings (SSSR count). The molecule has 0 bridgehead atoms. The summed E-state index contributed by atoms with van der Waals surface area (Å²) in [6.45, 7) is 1.94. The van der Waals surface area contributed by atoms with E-state index in [9.17, 15) is 4.79 Å². The highest BCUT2D eigenvalue weighted by Crippen LogP contribution is 2.27. The minimum Gasteiger partial charge on any atom is -0.436 e. The molecule has 2 heterocycles. The number of halogens is 1. The lowest BCUT2D eigenvalue weighted by Crippen LogP contribution is -2.33. The first-order valence-electron chi connectivity index (χ1n) is 7.67. The van der Waals surface area contributed by atoms with Crippen molar-refractivity contribution in [2.24, 2.45) is 0 Å². The Hall–Kier alpha value is -2.32. The first-order valence-corrected chi connectivity index (χ1v) is 8.87. The molecule has 0 saturated heterocycles. The van der Waals surface area contributed by atoms with Crippen LogP contribution in [0.15, 0.2) is 45.5 Å². The van der Waals surface area contributed by atoms with Crippen molar-refractivity contribution in [3.63, 3.8) is 0 Å². The summed E-state index contributed by atoms with van der Waals surface area (Å²) in [6.07, 6.45) is 4.59. The molecule has 0 atom stereocenters. The smallest absolute Gasteiger partial charge is 0.228 e. The van der Waals surface area contributed by atoms with Gasteiger partial charge in [0, 0.05) is 29.0 Å². The second kappa shape index (κ2) is 7.71. The van der Waals surface area contributed by atoms with Crippen LogP contribution in [-0.4, -0.2) is 21.0 Å². The van der Waals surface area contributed by atoms with Gasteiger partial charge in [-0.3, -0.25) is 9.78 Å². The van der Waals surface area contributed by atoms with E-state index in [1.54, 1.807) is 18.5 Å². The number of carbonyl (C=O) groups excluding carboxylic acids is 1. The van der Waals surface area contributed by atoms with Gasteiger partial charge >= 0.3 is 0 Å². The lowest BCUT2D eigenvalue weighted by Gasteiger charge is -2.08. The van der Waals surface area contributed by atoms with Crippen molar-refractivity contribution in [3.05, 3.63) is 41.1 Å². The lowest BCUT2D eigenvalue weighted by molar-refractivity contribution is -0.119. The number of fused-ring (bicyclic) bond motifs is 1. The number of thiocarbonyl (C=S) groups is 1. The van der Waals surface area contributed by atoms with Gasteiger partial charge in [-0.15, -0.1) is 0 Å². The summed E-state index contributed by atoms with van der Waals surface area (Å²) in [7, 11) is 0. The summed E-state index contributed by atoms with van der Waals surface area (Å²) in [6, 6.07) is 7.31. The zero-order valence-corrected chi connectivity index (χ0v) is 15.8. The summed E-state index contributed by atoms with van der Waals surface area (Å²) < 4.78 is 6.61. The molecule has 128 valence electrons. The van der Waals surface area contributed by atoms with Gasteiger partial charge in [-0.25, -0.2) is 4.98 Å². The highest BCUT2D eigenvalue weighted by atomic mass is 79.9. The van der Waals surface area contributed by atoms with Crippen LogP contribution in [0.25, 0.3) is 22.6 Å². The third-order valence-electron chi connectivity index (χ3n) is 3.33. The van der Waals surface area contributed by atoms with E-state index < -0.39 is 0 Å². The van der Waals surface area contributed by atoms with E-state index in [1.807, 2.05) is 25.1 Å². The Labute approximate surface area is 158 Å². The number of carbonyl (C=O) groups is 1. The van der Waals surface area contributed by atoms with Gasteiger partial charge < -0.3 is 15.1 Å². The standard InChI is InChI=1S/C17H15BrN4O2S/c1-2-3-15(23)22-17(25)20-12-4-5-14-13(7-12)21-16(24-14)10-6-11(18)9-19-8-10/h4-9H,2-3H2,1H3,(H2,20,22,23,25). The molecule has 0 radical (unpaired) electrons. The number of oxazole rings is 1. The maximum Gasteiger partial charge on any atom is 0.228 e. The predicted octanol–water partition coefficient (Wildman–Crippen LogP) is 4.27. The monoisotopic (exact) mass is 418 g/mol. The highest BCUT2D eigenvalue weighted by molar-refractivity contribution is 9.10. The molecular weight excluding hydrogens is 404 g/mol. The molecule has 2 N–H and O–H groups in total. The van der Waals surface area contributed by atoms with Gasteiger partial charge in [0.25, 0.3) is 0 Å². The van der Waals surface area contributed by atoms with E-state index in [0.717, 1.165) is 22.1 Å². The van der Waals surface area contributed by atoms with E-state index >= 15 is 0 Å². The van der Waals surface area contributed by atoms with Gasteiger partial charge in [0.05, 0.1) is 5.56 Å². The number of amides is 1. The predicted molar refractivity (Wildman–Crippen MR) is 104 cm³/mol. The lowest BCUT2D eigenvalue weighted by atomic mass is 10.3. The van der Waals surface area contributed by atoms with Crippen LogP contribution < -0.4 is 10.6 Å². The summed E-state index contributed by atoms with van der Waals surface area (Å²) >= 11 is 8.53. The van der Waals surface area contributed by atoms with Gasteiger partial charge in [0.2, 0.25) is 11.8 Å². The number of nitrogens with one attached hydrogen (secondary N) is 2. The molecule has 1 amide bonds. The van der Waals surface area contributed by atoms with E-state index in [4.69, 9.17) is 16.6 Å². The molecule has 0 aliphatic heterocycles. The fraction of sp³-hybridized carbons (Fsp3) is 0.176. The van der Waals surface area contributed by atoms with Gasteiger partial charge in [0.1, 0.15) is 5.52 Å². The van der Waals surface area contributed by atoms with Crippen LogP contribution in [0.1, 0.15) is 19.8 Å². The fourth-order valence-corrected chi connectivity index (χ4v) is 2.83. The number of hydrogen-bond acceptors (Lipinski definition) is 5. The summed E-state index contributed by atoms with van der Waals surface area (Å²) in [5, 5.41) is 5.88. The van der Waals surface area contributed by atoms with Crippen LogP contribution >= 0.6 is 28.1 Å². The van der Waals surface area contributed by atoms with Crippen molar-refractivity contribution < 1.29 is 9.21 Å². The molecule has 1 aromatic carbocycles. The van der Waals surface area contributed by atoms with Crippen LogP contribution in [0.3, 0.4) is 0 Å². The Balaban J connectivity index is 1.78. The van der Waals surface area contributed by atoms with Crippen molar-refractivity contribution in [3.8, 4) is 11.5 Å². The Bertz CT molecular complexity index is 941. The third-order valence-corrected chi connectivity index (χ3v) is 3.97. The van der Waals surface area contributed by atoms with E-state index in [2.05, 4.69) is 36.5 Å². The zero-order valence-electron chi connectivity index (χ0n) is 13.4. The normalized spacial score (nSPS) is 10.6. The molecule has 2 aromatic heterocycles. The number of anilines is 1. The quantitative estimate of drug-likeness (QED) is 0.615. The van der Waals surface area contributed by atoms with Crippen LogP contribution in [0.2, 0.25) is 0 Å². The molecule has 6 nitrogen and oxygen atoms in total. The highest BCUT2D eigenvalue weighted by Gasteiger charge is 2.10. The molecule has 0 saturated carbocycles. The Morgan fingerprint density at radius 3 is 2.92 bits per heavy atom. The molecule has 0 fully saturated rings. The second-order valence-electron chi connectivity index (χ2n) is 5.35. The van der Waals surface area contributed by atoms with Crippen molar-refractivity contribution in [1.82, 2.24) is 15.3 Å². The Morgan fingerprint density at radius 1 is 1.32 bits per heavy atom. The van der Waals surface area contributed by atoms with Crippen molar-refractivity contribution >= 4 is 56.0 Å². The van der Waals surface area contributed by atoms with Crippen LogP contribution in [-0.2, 0) is 4.79 Å². The number of nitrogens with zero attached hydrogens (tertiary/aromatic N) is 2. The number of hydrogen-bond donors (Lipinski definition) is 2. The third kappa shape index (κ3) is 4.40. The maximum absolute atomic E-state index is 11.6. The van der Waals surface area contributed by atoms with Crippen molar-refractivity contribution in [2.75, 3.05) is 5.32 Å². The average Bonchev–Trinajstić information content (AvgIpc) is 2.98. The Morgan fingerprint density at radius 2 is 2.16 bits per heavy atom. The van der Waals surface area contributed by atoms with E-state index in [0.29, 0.717) is 23.4 Å². The van der Waals surface area contributed by atoms with E-state index in [-0.39, 0.29) is 11.0 Å². The summed E-state index contributed by atoms with van der Waals surface area (Å²) in [5.74, 6) is 0.381. The number of benzene rings is 1. The minimum atomic E-state index is -0.105. The molecular formula is C17H15BrN4O2S. The molecule has 0 spiro atoms. The first-order chi connectivity index (χ1) is 12.0. The van der Waals surface area contributed by atoms with Gasteiger partial charge in [-0.2, -0.15) is 0 Å². The molecule has 0 aliphatic rings. The minimum absolute atomic E-state index is 0.105. The van der Waals surface area contributed by atoms with Crippen molar-refractivity contribution in [1.29, 1.82) is 0 Å². The molecule has 3 aromatic rings. The largest absolute Gasteiger partial charge is 0.436 e. The number of rotatable bonds is 4. The Kier molecular flexibility index (Phi) is 5.40. The second-order valence-corrected chi connectivity index (χ2v) is 6.67. The number of aromatic nitrogens is 2. The maximum atomic E-state index is 11.6. The van der Waals surface area contributed by atoms with Gasteiger partial charge in [0.15, 0.2) is 10.7 Å². The first kappa shape index (κ1) is 17.5. The van der Waals surface area contributed by atoms with Crippen molar-refractivity contribution in [2.45, 2.75) is 19.8 Å². The van der Waals surface area contributed by atoms with Crippen LogP contribution in [0.4, 0.5) is 5.69 Å². The molecule has 25 heavy (non-hydrogen) atoms. The average molecular weight is 419 g/mol. The number of pyridine rings is 1.